The van der Waals surface area contributed by atoms with Crippen molar-refractivity contribution in [3.63, 3.8) is 0 Å². The van der Waals surface area contributed by atoms with Crippen molar-refractivity contribution in [1.82, 2.24) is 14.8 Å². The van der Waals surface area contributed by atoms with Crippen LogP contribution < -0.4 is 5.32 Å². The fraction of sp³-hybridized carbons (Fsp3) is 0.308. The van der Waals surface area contributed by atoms with Crippen LogP contribution in [0.4, 0.5) is 0 Å². The first-order chi connectivity index (χ1) is 15.4. The number of aromatic nitrogens is 1. The Balaban J connectivity index is 1.48. The van der Waals surface area contributed by atoms with E-state index in [1.165, 1.54) is 0 Å². The maximum absolute atomic E-state index is 13.5. The van der Waals surface area contributed by atoms with E-state index in [9.17, 15) is 9.59 Å². The van der Waals surface area contributed by atoms with Gasteiger partial charge in [-0.1, -0.05) is 36.4 Å². The zero-order chi connectivity index (χ0) is 22.4. The maximum atomic E-state index is 13.5. The van der Waals surface area contributed by atoms with Crippen molar-refractivity contribution in [2.24, 2.45) is 7.05 Å². The van der Waals surface area contributed by atoms with Crippen molar-refractivity contribution in [3.8, 4) is 0 Å². The van der Waals surface area contributed by atoms with E-state index in [-0.39, 0.29) is 23.8 Å². The number of carbonyl (C=O) groups is 2. The first-order valence-electron chi connectivity index (χ1n) is 11.1. The summed E-state index contributed by atoms with van der Waals surface area (Å²) in [5.41, 5.74) is 2.90. The Morgan fingerprint density at radius 2 is 1.78 bits per heavy atom. The molecule has 1 unspecified atom stereocenters. The third kappa shape index (κ3) is 3.48. The quantitative estimate of drug-likeness (QED) is 0.472. The first kappa shape index (κ1) is 20.8. The number of likely N-dealkylation sites (tertiary alicyclic amines) is 1. The second-order valence-corrected chi connectivity index (χ2v) is 9.93. The lowest BCUT2D eigenvalue weighted by Crippen LogP contribution is -2.31. The van der Waals surface area contributed by atoms with Gasteiger partial charge < -0.3 is 14.8 Å². The molecule has 5 rings (SSSR count). The molecule has 0 spiro atoms. The minimum Gasteiger partial charge on any atom is -0.350 e. The SMILES string of the molecule is CC(C)NC(=O)c1sc2ccccc2c1C1CCN(C(=O)c2cn(C)c3ccccc23)C1. The molecule has 32 heavy (non-hydrogen) atoms. The third-order valence-corrected chi connectivity index (χ3v) is 7.46. The van der Waals surface area contributed by atoms with E-state index in [0.717, 1.165) is 43.4 Å². The molecule has 5 nitrogen and oxygen atoms in total. The Kier molecular flexibility index (Phi) is 5.25. The van der Waals surface area contributed by atoms with Gasteiger partial charge in [0.25, 0.3) is 11.8 Å². The zero-order valence-electron chi connectivity index (χ0n) is 18.6. The van der Waals surface area contributed by atoms with Gasteiger partial charge in [-0.3, -0.25) is 9.59 Å². The van der Waals surface area contributed by atoms with Crippen LogP contribution in [0, 0.1) is 0 Å². The Hall–Kier alpha value is -3.12. The second-order valence-electron chi connectivity index (χ2n) is 8.88. The predicted molar refractivity (Wildman–Crippen MR) is 131 cm³/mol. The molecule has 1 saturated heterocycles. The van der Waals surface area contributed by atoms with E-state index in [0.29, 0.717) is 13.1 Å². The van der Waals surface area contributed by atoms with E-state index >= 15 is 0 Å². The molecule has 4 aromatic rings. The Morgan fingerprint density at radius 1 is 1.06 bits per heavy atom. The number of thiophene rings is 1. The summed E-state index contributed by atoms with van der Waals surface area (Å²) in [7, 11) is 1.98. The van der Waals surface area contributed by atoms with Gasteiger partial charge in [-0.2, -0.15) is 0 Å². The number of hydrogen-bond donors (Lipinski definition) is 1. The molecule has 1 aliphatic rings. The average molecular weight is 446 g/mol. The van der Waals surface area contributed by atoms with Gasteiger partial charge in [0.05, 0.1) is 10.4 Å². The largest absolute Gasteiger partial charge is 0.350 e. The fourth-order valence-corrected chi connectivity index (χ4v) is 6.02. The molecular formula is C26H27N3O2S. The lowest BCUT2D eigenvalue weighted by Gasteiger charge is -2.17. The van der Waals surface area contributed by atoms with Crippen LogP contribution in [0.15, 0.2) is 54.7 Å². The number of hydrogen-bond acceptors (Lipinski definition) is 3. The number of carbonyl (C=O) groups excluding carboxylic acids is 2. The van der Waals surface area contributed by atoms with Crippen LogP contribution in [0.2, 0.25) is 0 Å². The summed E-state index contributed by atoms with van der Waals surface area (Å²) in [6.45, 7) is 5.28. The molecule has 0 radical (unpaired) electrons. The summed E-state index contributed by atoms with van der Waals surface area (Å²) in [6.07, 6.45) is 2.79. The smallest absolute Gasteiger partial charge is 0.261 e. The first-order valence-corrected chi connectivity index (χ1v) is 11.9. The summed E-state index contributed by atoms with van der Waals surface area (Å²) < 4.78 is 3.13. The van der Waals surface area contributed by atoms with Gasteiger partial charge in [0.1, 0.15) is 0 Å². The predicted octanol–water partition coefficient (Wildman–Crippen LogP) is 5.16. The number of nitrogens with zero attached hydrogens (tertiary/aromatic N) is 2. The van der Waals surface area contributed by atoms with Crippen molar-refractivity contribution in [2.45, 2.75) is 32.2 Å². The van der Waals surface area contributed by atoms with Gasteiger partial charge in [0.2, 0.25) is 0 Å². The number of fused-ring (bicyclic) bond motifs is 2. The molecular weight excluding hydrogens is 418 g/mol. The van der Waals surface area contributed by atoms with Crippen molar-refractivity contribution in [1.29, 1.82) is 0 Å². The normalized spacial score (nSPS) is 16.4. The highest BCUT2D eigenvalue weighted by atomic mass is 32.1. The Labute approximate surface area is 191 Å². The summed E-state index contributed by atoms with van der Waals surface area (Å²) in [4.78, 5) is 29.2. The summed E-state index contributed by atoms with van der Waals surface area (Å²) in [5, 5.41) is 5.18. The molecule has 0 aliphatic carbocycles. The molecule has 164 valence electrons. The van der Waals surface area contributed by atoms with Crippen LogP contribution in [0.5, 0.6) is 0 Å². The maximum Gasteiger partial charge on any atom is 0.261 e. The van der Waals surface area contributed by atoms with Gasteiger partial charge >= 0.3 is 0 Å². The number of benzene rings is 2. The number of rotatable bonds is 4. The van der Waals surface area contributed by atoms with Crippen molar-refractivity contribution < 1.29 is 9.59 Å². The van der Waals surface area contributed by atoms with E-state index < -0.39 is 0 Å². The second kappa shape index (κ2) is 8.10. The molecule has 0 saturated carbocycles. The molecule has 0 bridgehead atoms. The topological polar surface area (TPSA) is 54.3 Å². The monoisotopic (exact) mass is 445 g/mol. The van der Waals surface area contributed by atoms with E-state index in [2.05, 4.69) is 17.4 Å². The van der Waals surface area contributed by atoms with E-state index in [1.807, 2.05) is 73.0 Å². The van der Waals surface area contributed by atoms with Gasteiger partial charge in [-0.15, -0.1) is 11.3 Å². The highest BCUT2D eigenvalue weighted by Gasteiger charge is 2.33. The Morgan fingerprint density at radius 3 is 2.56 bits per heavy atom. The molecule has 1 atom stereocenters. The third-order valence-electron chi connectivity index (χ3n) is 6.27. The fourth-order valence-electron chi connectivity index (χ4n) is 4.83. The number of aryl methyl sites for hydroxylation is 1. The van der Waals surface area contributed by atoms with Gasteiger partial charge in [0, 0.05) is 53.9 Å². The summed E-state index contributed by atoms with van der Waals surface area (Å²) in [5.74, 6) is 0.199. The van der Waals surface area contributed by atoms with Gasteiger partial charge in [-0.25, -0.2) is 0 Å². The van der Waals surface area contributed by atoms with Crippen LogP contribution >= 0.6 is 11.3 Å². The van der Waals surface area contributed by atoms with Gasteiger partial charge in [-0.05, 0) is 43.4 Å². The molecule has 2 aromatic heterocycles. The van der Waals surface area contributed by atoms with Crippen molar-refractivity contribution in [3.05, 3.63) is 70.7 Å². The lowest BCUT2D eigenvalue weighted by atomic mass is 9.95. The lowest BCUT2D eigenvalue weighted by molar-refractivity contribution is 0.0792. The van der Waals surface area contributed by atoms with Crippen LogP contribution in [0.25, 0.3) is 21.0 Å². The molecule has 1 N–H and O–H groups in total. The average Bonchev–Trinajstić information content (AvgIpc) is 3.48. The Bertz CT molecular complexity index is 1330. The molecule has 3 heterocycles. The van der Waals surface area contributed by atoms with Gasteiger partial charge in [0.15, 0.2) is 0 Å². The molecule has 2 amide bonds. The summed E-state index contributed by atoms with van der Waals surface area (Å²) >= 11 is 1.55. The van der Waals surface area contributed by atoms with Crippen molar-refractivity contribution >= 4 is 44.1 Å². The number of para-hydroxylation sites is 1. The number of amides is 2. The minimum absolute atomic E-state index is 0.0185. The molecule has 2 aromatic carbocycles. The summed E-state index contributed by atoms with van der Waals surface area (Å²) in [6, 6.07) is 16.3. The standard InChI is InChI=1S/C26H27N3O2S/c1-16(2)27-25(30)24-23(19-9-5-7-11-22(19)32-24)17-12-13-29(14-17)26(31)20-15-28(3)21-10-6-4-8-18(20)21/h4-11,15-17H,12-14H2,1-3H3,(H,27,30). The highest BCUT2D eigenvalue weighted by molar-refractivity contribution is 7.21. The van der Waals surface area contributed by atoms with Crippen LogP contribution in [0.1, 0.15) is 51.8 Å². The molecule has 6 heteroatoms. The van der Waals surface area contributed by atoms with E-state index in [1.54, 1.807) is 11.3 Å². The van der Waals surface area contributed by atoms with Crippen molar-refractivity contribution in [2.75, 3.05) is 13.1 Å². The zero-order valence-corrected chi connectivity index (χ0v) is 19.4. The highest BCUT2D eigenvalue weighted by Crippen LogP contribution is 2.40. The van der Waals surface area contributed by atoms with Crippen LogP contribution in [0.3, 0.4) is 0 Å². The molecule has 1 aliphatic heterocycles. The molecule has 1 fully saturated rings. The minimum atomic E-state index is -0.0185. The van der Waals surface area contributed by atoms with Crippen LogP contribution in [-0.2, 0) is 7.05 Å². The number of nitrogens with one attached hydrogen (secondary N) is 1. The van der Waals surface area contributed by atoms with E-state index in [4.69, 9.17) is 0 Å². The van der Waals surface area contributed by atoms with Crippen LogP contribution in [-0.4, -0.2) is 40.4 Å².